The summed E-state index contributed by atoms with van der Waals surface area (Å²) in [5, 5.41) is 19.4. The lowest BCUT2D eigenvalue weighted by Crippen LogP contribution is -2.51. The Hall–Kier alpha value is -2.02. The maximum absolute atomic E-state index is 13.5. The minimum Gasteiger partial charge on any atom is -0.396 e. The highest BCUT2D eigenvalue weighted by molar-refractivity contribution is 5.95. The average molecular weight is 254 g/mol. The van der Waals surface area contributed by atoms with Gasteiger partial charge in [0.05, 0.1) is 10.5 Å². The summed E-state index contributed by atoms with van der Waals surface area (Å²) in [5.74, 6) is -1.35. The molecule has 96 valence electrons. The van der Waals surface area contributed by atoms with Gasteiger partial charge in [-0.25, -0.2) is 4.39 Å². The SMILES string of the molecule is O=C(c1cc([N+](=O)[O-])ccc1F)N1CC(CO)C1. The number of hydrogen-bond acceptors (Lipinski definition) is 4. The Morgan fingerprint density at radius 1 is 1.56 bits per heavy atom. The number of halogens is 1. The number of benzene rings is 1. The van der Waals surface area contributed by atoms with E-state index in [1.54, 1.807) is 0 Å². The Bertz CT molecular complexity index is 500. The molecule has 0 aliphatic carbocycles. The van der Waals surface area contributed by atoms with Crippen LogP contribution >= 0.6 is 0 Å². The molecule has 0 saturated carbocycles. The lowest BCUT2D eigenvalue weighted by Gasteiger charge is -2.38. The third-order valence-electron chi connectivity index (χ3n) is 2.89. The minimum absolute atomic E-state index is 0.00992. The highest BCUT2D eigenvalue weighted by atomic mass is 19.1. The third-order valence-corrected chi connectivity index (χ3v) is 2.89. The first-order chi connectivity index (χ1) is 8.52. The first-order valence-corrected chi connectivity index (χ1v) is 5.37. The molecule has 1 N–H and O–H groups in total. The number of carbonyl (C=O) groups excluding carboxylic acids is 1. The molecule has 2 rings (SSSR count). The molecule has 1 aromatic carbocycles. The molecule has 0 aromatic heterocycles. The number of likely N-dealkylation sites (tertiary alicyclic amines) is 1. The van der Waals surface area contributed by atoms with Gasteiger partial charge in [-0.1, -0.05) is 0 Å². The monoisotopic (exact) mass is 254 g/mol. The zero-order valence-electron chi connectivity index (χ0n) is 9.38. The van der Waals surface area contributed by atoms with Gasteiger partial charge >= 0.3 is 0 Å². The van der Waals surface area contributed by atoms with E-state index in [9.17, 15) is 19.3 Å². The number of hydrogen-bond donors (Lipinski definition) is 1. The van der Waals surface area contributed by atoms with Crippen molar-refractivity contribution in [3.05, 3.63) is 39.7 Å². The van der Waals surface area contributed by atoms with E-state index in [-0.39, 0.29) is 23.8 Å². The molecule has 0 radical (unpaired) electrons. The number of nitro groups is 1. The van der Waals surface area contributed by atoms with Gasteiger partial charge < -0.3 is 10.0 Å². The summed E-state index contributed by atoms with van der Waals surface area (Å²) in [6.07, 6.45) is 0. The minimum atomic E-state index is -0.780. The fourth-order valence-electron chi connectivity index (χ4n) is 1.81. The Morgan fingerprint density at radius 2 is 2.22 bits per heavy atom. The Kier molecular flexibility index (Phi) is 3.24. The standard InChI is InChI=1S/C11H11FN2O4/c12-10-2-1-8(14(17)18)3-9(10)11(16)13-4-7(5-13)6-15/h1-3,7,15H,4-6H2. The number of nitrogens with zero attached hydrogens (tertiary/aromatic N) is 2. The van der Waals surface area contributed by atoms with Crippen LogP contribution < -0.4 is 0 Å². The van der Waals surface area contributed by atoms with Crippen LogP contribution in [0.15, 0.2) is 18.2 Å². The summed E-state index contributed by atoms with van der Waals surface area (Å²) in [6, 6.07) is 2.86. The van der Waals surface area contributed by atoms with E-state index in [0.717, 1.165) is 18.2 Å². The number of aliphatic hydroxyl groups is 1. The van der Waals surface area contributed by atoms with Crippen molar-refractivity contribution in [3.63, 3.8) is 0 Å². The van der Waals surface area contributed by atoms with Crippen LogP contribution in [0.5, 0.6) is 0 Å². The smallest absolute Gasteiger partial charge is 0.270 e. The maximum atomic E-state index is 13.5. The van der Waals surface area contributed by atoms with E-state index < -0.39 is 16.6 Å². The Labute approximate surface area is 102 Å². The van der Waals surface area contributed by atoms with Crippen LogP contribution in [0.2, 0.25) is 0 Å². The maximum Gasteiger partial charge on any atom is 0.270 e. The van der Waals surface area contributed by atoms with Crippen LogP contribution in [0.25, 0.3) is 0 Å². The lowest BCUT2D eigenvalue weighted by atomic mass is 10.00. The van der Waals surface area contributed by atoms with Gasteiger partial charge in [0.1, 0.15) is 5.82 Å². The topological polar surface area (TPSA) is 83.7 Å². The van der Waals surface area contributed by atoms with E-state index >= 15 is 0 Å². The summed E-state index contributed by atoms with van der Waals surface area (Å²) < 4.78 is 13.5. The number of nitro benzene ring substituents is 1. The van der Waals surface area contributed by atoms with Crippen molar-refractivity contribution >= 4 is 11.6 Å². The molecule has 18 heavy (non-hydrogen) atoms. The molecule has 1 aliphatic rings. The summed E-state index contributed by atoms with van der Waals surface area (Å²) in [4.78, 5) is 23.1. The first-order valence-electron chi connectivity index (χ1n) is 5.37. The third kappa shape index (κ3) is 2.17. The van der Waals surface area contributed by atoms with E-state index in [2.05, 4.69) is 0 Å². The van der Waals surface area contributed by atoms with E-state index in [1.807, 2.05) is 0 Å². The number of non-ortho nitro benzene ring substituents is 1. The molecule has 1 saturated heterocycles. The second-order valence-electron chi connectivity index (χ2n) is 4.18. The fraction of sp³-hybridized carbons (Fsp3) is 0.364. The van der Waals surface area contributed by atoms with Gasteiger partial charge in [0, 0.05) is 37.7 Å². The molecule has 0 unspecified atom stereocenters. The molecule has 1 fully saturated rings. The molecule has 1 aromatic rings. The lowest BCUT2D eigenvalue weighted by molar-refractivity contribution is -0.384. The second kappa shape index (κ2) is 4.69. The molecule has 1 heterocycles. The summed E-state index contributed by atoms with van der Waals surface area (Å²) in [5.41, 5.74) is -0.625. The van der Waals surface area contributed by atoms with Crippen LogP contribution in [-0.4, -0.2) is 40.5 Å². The summed E-state index contributed by atoms with van der Waals surface area (Å²) >= 11 is 0. The number of carbonyl (C=O) groups is 1. The zero-order valence-corrected chi connectivity index (χ0v) is 9.38. The molecule has 0 spiro atoms. The van der Waals surface area contributed by atoms with Crippen LogP contribution in [0, 0.1) is 21.8 Å². The number of amides is 1. The van der Waals surface area contributed by atoms with Crippen molar-refractivity contribution in [2.75, 3.05) is 19.7 Å². The Morgan fingerprint density at radius 3 is 2.78 bits per heavy atom. The van der Waals surface area contributed by atoms with Gasteiger partial charge in [-0.3, -0.25) is 14.9 Å². The molecule has 0 atom stereocenters. The van der Waals surface area contributed by atoms with E-state index in [0.29, 0.717) is 13.1 Å². The van der Waals surface area contributed by atoms with Crippen LogP contribution in [0.3, 0.4) is 0 Å². The number of rotatable bonds is 3. The summed E-state index contributed by atoms with van der Waals surface area (Å²) in [6.45, 7) is 0.663. The van der Waals surface area contributed by atoms with Crippen molar-refractivity contribution < 1.29 is 19.2 Å². The van der Waals surface area contributed by atoms with Gasteiger partial charge in [0.2, 0.25) is 0 Å². The van der Waals surface area contributed by atoms with Crippen molar-refractivity contribution in [1.29, 1.82) is 0 Å². The second-order valence-corrected chi connectivity index (χ2v) is 4.18. The van der Waals surface area contributed by atoms with Crippen molar-refractivity contribution in [2.24, 2.45) is 5.92 Å². The van der Waals surface area contributed by atoms with Crippen LogP contribution in [0.4, 0.5) is 10.1 Å². The quantitative estimate of drug-likeness (QED) is 0.638. The van der Waals surface area contributed by atoms with Gasteiger partial charge in [-0.2, -0.15) is 0 Å². The normalized spacial score (nSPS) is 15.3. The predicted octanol–water partition coefficient (Wildman–Crippen LogP) is 0.798. The van der Waals surface area contributed by atoms with Crippen LogP contribution in [0.1, 0.15) is 10.4 Å². The molecule has 6 nitrogen and oxygen atoms in total. The van der Waals surface area contributed by atoms with Gasteiger partial charge in [-0.05, 0) is 6.07 Å². The Balaban J connectivity index is 2.20. The molecular weight excluding hydrogens is 243 g/mol. The van der Waals surface area contributed by atoms with Crippen molar-refractivity contribution in [2.45, 2.75) is 0 Å². The molecule has 7 heteroatoms. The molecule has 1 amide bonds. The fourth-order valence-corrected chi connectivity index (χ4v) is 1.81. The largest absolute Gasteiger partial charge is 0.396 e. The van der Waals surface area contributed by atoms with Crippen molar-refractivity contribution in [1.82, 2.24) is 4.90 Å². The first kappa shape index (κ1) is 12.4. The van der Waals surface area contributed by atoms with Crippen LogP contribution in [-0.2, 0) is 0 Å². The molecular formula is C11H11FN2O4. The zero-order chi connectivity index (χ0) is 13.3. The highest BCUT2D eigenvalue weighted by Gasteiger charge is 2.32. The molecule has 1 aliphatic heterocycles. The van der Waals surface area contributed by atoms with Gasteiger partial charge in [0.25, 0.3) is 11.6 Å². The van der Waals surface area contributed by atoms with Gasteiger partial charge in [-0.15, -0.1) is 0 Å². The van der Waals surface area contributed by atoms with E-state index in [1.165, 1.54) is 4.90 Å². The summed E-state index contributed by atoms with van der Waals surface area (Å²) in [7, 11) is 0. The molecule has 0 bridgehead atoms. The van der Waals surface area contributed by atoms with Gasteiger partial charge in [0.15, 0.2) is 0 Å². The van der Waals surface area contributed by atoms with E-state index in [4.69, 9.17) is 5.11 Å². The number of aliphatic hydroxyl groups excluding tert-OH is 1. The highest BCUT2D eigenvalue weighted by Crippen LogP contribution is 2.22. The average Bonchev–Trinajstić information content (AvgIpc) is 2.27. The predicted molar refractivity (Wildman–Crippen MR) is 59.5 cm³/mol. The van der Waals surface area contributed by atoms with Crippen molar-refractivity contribution in [3.8, 4) is 0 Å².